The van der Waals surface area contributed by atoms with Crippen molar-refractivity contribution in [2.75, 3.05) is 0 Å². The van der Waals surface area contributed by atoms with Gasteiger partial charge in [-0.05, 0) is 43.3 Å². The fourth-order valence-corrected chi connectivity index (χ4v) is 2.27. The molecule has 0 fully saturated rings. The Balaban J connectivity index is 2.24. The SMILES string of the molecule is Cc1ccc2[nH]c(-c3ccc(F)cc3)nc(=S)c2c1. The summed E-state index contributed by atoms with van der Waals surface area (Å²) in [6, 6.07) is 12.2. The molecule has 94 valence electrons. The van der Waals surface area contributed by atoms with Crippen LogP contribution in [0, 0.1) is 17.4 Å². The van der Waals surface area contributed by atoms with Gasteiger partial charge in [-0.2, -0.15) is 0 Å². The third-order valence-corrected chi connectivity index (χ3v) is 3.30. The summed E-state index contributed by atoms with van der Waals surface area (Å²) in [5.41, 5.74) is 2.89. The van der Waals surface area contributed by atoms with Gasteiger partial charge < -0.3 is 4.98 Å². The van der Waals surface area contributed by atoms with Gasteiger partial charge >= 0.3 is 0 Å². The maximum Gasteiger partial charge on any atom is 0.139 e. The van der Waals surface area contributed by atoms with E-state index < -0.39 is 0 Å². The average Bonchev–Trinajstić information content (AvgIpc) is 2.40. The van der Waals surface area contributed by atoms with Crippen molar-refractivity contribution in [2.45, 2.75) is 6.92 Å². The lowest BCUT2D eigenvalue weighted by molar-refractivity contribution is 0.628. The van der Waals surface area contributed by atoms with Gasteiger partial charge in [0.15, 0.2) is 0 Å². The molecular weight excluding hydrogens is 259 g/mol. The highest BCUT2D eigenvalue weighted by Gasteiger charge is 2.04. The first-order chi connectivity index (χ1) is 9.13. The van der Waals surface area contributed by atoms with Crippen LogP contribution in [-0.2, 0) is 0 Å². The molecule has 1 N–H and O–H groups in total. The summed E-state index contributed by atoms with van der Waals surface area (Å²) in [4.78, 5) is 7.61. The fourth-order valence-electron chi connectivity index (χ4n) is 2.01. The van der Waals surface area contributed by atoms with E-state index in [2.05, 4.69) is 9.97 Å². The third-order valence-electron chi connectivity index (χ3n) is 2.99. The quantitative estimate of drug-likeness (QED) is 0.664. The van der Waals surface area contributed by atoms with Crippen LogP contribution in [0.2, 0.25) is 0 Å². The number of nitrogens with one attached hydrogen (secondary N) is 1. The highest BCUT2D eigenvalue weighted by Crippen LogP contribution is 2.20. The lowest BCUT2D eigenvalue weighted by Gasteiger charge is -2.05. The zero-order chi connectivity index (χ0) is 13.4. The summed E-state index contributed by atoms with van der Waals surface area (Å²) < 4.78 is 13.5. The number of hydrogen-bond donors (Lipinski definition) is 1. The lowest BCUT2D eigenvalue weighted by Crippen LogP contribution is -1.92. The fraction of sp³-hybridized carbons (Fsp3) is 0.0667. The highest BCUT2D eigenvalue weighted by atomic mass is 32.1. The summed E-state index contributed by atoms with van der Waals surface area (Å²) in [5, 5.41) is 0.931. The van der Waals surface area contributed by atoms with Gasteiger partial charge in [0.2, 0.25) is 0 Å². The van der Waals surface area contributed by atoms with E-state index in [1.807, 2.05) is 25.1 Å². The molecule has 4 heteroatoms. The third kappa shape index (κ3) is 2.27. The molecule has 0 saturated heterocycles. The number of nitrogens with zero attached hydrogens (tertiary/aromatic N) is 1. The average molecular weight is 270 g/mol. The monoisotopic (exact) mass is 270 g/mol. The van der Waals surface area contributed by atoms with Gasteiger partial charge in [-0.1, -0.05) is 23.8 Å². The van der Waals surface area contributed by atoms with Crippen LogP contribution >= 0.6 is 12.2 Å². The molecule has 3 aromatic rings. The van der Waals surface area contributed by atoms with Crippen LogP contribution in [0.4, 0.5) is 4.39 Å². The summed E-state index contributed by atoms with van der Waals surface area (Å²) in [6.07, 6.45) is 0. The number of aromatic nitrogens is 2. The molecule has 2 nitrogen and oxygen atoms in total. The molecule has 2 aromatic carbocycles. The van der Waals surface area contributed by atoms with Crippen LogP contribution in [0.3, 0.4) is 0 Å². The molecule has 0 atom stereocenters. The zero-order valence-corrected chi connectivity index (χ0v) is 11.1. The molecule has 0 aliphatic heterocycles. The van der Waals surface area contributed by atoms with Crippen LogP contribution in [0.5, 0.6) is 0 Å². The van der Waals surface area contributed by atoms with E-state index in [-0.39, 0.29) is 5.82 Å². The summed E-state index contributed by atoms with van der Waals surface area (Å²) >= 11 is 5.32. The maximum absolute atomic E-state index is 12.9. The van der Waals surface area contributed by atoms with E-state index >= 15 is 0 Å². The van der Waals surface area contributed by atoms with Crippen LogP contribution in [0.15, 0.2) is 42.5 Å². The topological polar surface area (TPSA) is 28.7 Å². The molecule has 0 amide bonds. The van der Waals surface area contributed by atoms with Crippen molar-refractivity contribution in [3.63, 3.8) is 0 Å². The molecular formula is C15H11FN2S. The number of hydrogen-bond acceptors (Lipinski definition) is 2. The molecule has 1 aromatic heterocycles. The van der Waals surface area contributed by atoms with Crippen molar-refractivity contribution in [1.29, 1.82) is 0 Å². The second kappa shape index (κ2) is 4.55. The predicted octanol–water partition coefficient (Wildman–Crippen LogP) is 4.41. The minimum absolute atomic E-state index is 0.265. The van der Waals surface area contributed by atoms with E-state index in [0.717, 1.165) is 22.0 Å². The van der Waals surface area contributed by atoms with Crippen molar-refractivity contribution in [2.24, 2.45) is 0 Å². The van der Waals surface area contributed by atoms with Crippen molar-refractivity contribution in [1.82, 2.24) is 9.97 Å². The lowest BCUT2D eigenvalue weighted by atomic mass is 10.1. The number of aryl methyl sites for hydroxylation is 1. The number of rotatable bonds is 1. The number of H-pyrrole nitrogens is 1. The van der Waals surface area contributed by atoms with Gasteiger partial charge in [-0.3, -0.25) is 0 Å². The summed E-state index contributed by atoms with van der Waals surface area (Å²) in [6.45, 7) is 2.02. The molecule has 19 heavy (non-hydrogen) atoms. The van der Waals surface area contributed by atoms with Crippen molar-refractivity contribution >= 4 is 23.1 Å². The minimum atomic E-state index is -0.265. The molecule has 0 saturated carbocycles. The van der Waals surface area contributed by atoms with Crippen molar-refractivity contribution in [3.8, 4) is 11.4 Å². The van der Waals surface area contributed by atoms with E-state index in [4.69, 9.17) is 12.2 Å². The van der Waals surface area contributed by atoms with Crippen LogP contribution in [0.1, 0.15) is 5.56 Å². The van der Waals surface area contributed by atoms with Gasteiger partial charge in [0, 0.05) is 16.5 Å². The molecule has 1 heterocycles. The predicted molar refractivity (Wildman–Crippen MR) is 77.1 cm³/mol. The highest BCUT2D eigenvalue weighted by molar-refractivity contribution is 7.71. The molecule has 0 aliphatic carbocycles. The molecule has 0 radical (unpaired) electrons. The van der Waals surface area contributed by atoms with Gasteiger partial charge in [0.25, 0.3) is 0 Å². The standard InChI is InChI=1S/C15H11FN2S/c1-9-2-7-13-12(8-9)15(19)18-14(17-13)10-3-5-11(16)6-4-10/h2-8H,1H3,(H,17,18,19). The second-order valence-electron chi connectivity index (χ2n) is 4.45. The van der Waals surface area contributed by atoms with E-state index in [9.17, 15) is 4.39 Å². The number of fused-ring (bicyclic) bond motifs is 1. The maximum atomic E-state index is 12.9. The van der Waals surface area contributed by atoms with Gasteiger partial charge in [-0.25, -0.2) is 9.37 Å². The normalized spacial score (nSPS) is 10.8. The van der Waals surface area contributed by atoms with Crippen molar-refractivity contribution < 1.29 is 4.39 Å². The van der Waals surface area contributed by atoms with Crippen molar-refractivity contribution in [3.05, 3.63) is 58.5 Å². The molecule has 3 rings (SSSR count). The van der Waals surface area contributed by atoms with Crippen LogP contribution < -0.4 is 0 Å². The Morgan fingerprint density at radius 3 is 2.58 bits per heavy atom. The second-order valence-corrected chi connectivity index (χ2v) is 4.83. The van der Waals surface area contributed by atoms with E-state index in [0.29, 0.717) is 10.5 Å². The first kappa shape index (κ1) is 12.0. The first-order valence-electron chi connectivity index (χ1n) is 5.90. The zero-order valence-electron chi connectivity index (χ0n) is 10.3. The molecule has 0 spiro atoms. The Morgan fingerprint density at radius 2 is 1.84 bits per heavy atom. The minimum Gasteiger partial charge on any atom is -0.339 e. The van der Waals surface area contributed by atoms with Gasteiger partial charge in [0.05, 0.1) is 0 Å². The Labute approximate surface area is 114 Å². The number of aromatic amines is 1. The smallest absolute Gasteiger partial charge is 0.139 e. The van der Waals surface area contributed by atoms with E-state index in [1.165, 1.54) is 12.1 Å². The Kier molecular flexibility index (Phi) is 2.87. The Morgan fingerprint density at radius 1 is 1.11 bits per heavy atom. The molecule has 0 bridgehead atoms. The first-order valence-corrected chi connectivity index (χ1v) is 6.31. The number of halogens is 1. The van der Waals surface area contributed by atoms with Gasteiger partial charge in [-0.15, -0.1) is 0 Å². The van der Waals surface area contributed by atoms with E-state index in [1.54, 1.807) is 12.1 Å². The molecule has 0 aliphatic rings. The van der Waals surface area contributed by atoms with Crippen LogP contribution in [-0.4, -0.2) is 9.97 Å². The summed E-state index contributed by atoms with van der Waals surface area (Å²) in [7, 11) is 0. The molecule has 0 unspecified atom stereocenters. The largest absolute Gasteiger partial charge is 0.339 e. The Bertz CT molecular complexity index is 806. The van der Waals surface area contributed by atoms with Gasteiger partial charge in [0.1, 0.15) is 16.3 Å². The Hall–Kier alpha value is -2.07. The number of benzene rings is 2. The van der Waals surface area contributed by atoms with Crippen LogP contribution in [0.25, 0.3) is 22.3 Å². The summed E-state index contributed by atoms with van der Waals surface area (Å²) in [5.74, 6) is 0.389.